The summed E-state index contributed by atoms with van der Waals surface area (Å²) in [7, 11) is 0. The Labute approximate surface area is 170 Å². The number of carbonyl (C=O) groups is 1. The Hall–Kier alpha value is -3.04. The molecule has 28 heavy (non-hydrogen) atoms. The highest BCUT2D eigenvalue weighted by atomic mass is 35.5. The first kappa shape index (κ1) is 19.7. The van der Waals surface area contributed by atoms with Gasteiger partial charge >= 0.3 is 0 Å². The van der Waals surface area contributed by atoms with E-state index < -0.39 is 5.91 Å². The van der Waals surface area contributed by atoms with Crippen LogP contribution in [-0.2, 0) is 0 Å². The number of H-pyrrole nitrogens is 1. The number of phenols is 1. The molecule has 0 bridgehead atoms. The SMILES string of the molecule is CC(C)NC(=O)c1cc(Oc2c(Cl)cc(Nc3nn[nH]n3)cc2Cl)ccc1O. The van der Waals surface area contributed by atoms with Gasteiger partial charge in [0.25, 0.3) is 11.9 Å². The molecule has 1 aromatic heterocycles. The van der Waals surface area contributed by atoms with Crippen molar-refractivity contribution in [1.82, 2.24) is 25.9 Å². The molecule has 11 heteroatoms. The van der Waals surface area contributed by atoms with E-state index in [1.54, 1.807) is 12.1 Å². The van der Waals surface area contributed by atoms with Crippen LogP contribution in [-0.4, -0.2) is 37.7 Å². The lowest BCUT2D eigenvalue weighted by molar-refractivity contribution is 0.0940. The van der Waals surface area contributed by atoms with E-state index in [1.807, 2.05) is 13.8 Å². The first-order valence-corrected chi connectivity index (χ1v) is 8.90. The summed E-state index contributed by atoms with van der Waals surface area (Å²) in [5, 5.41) is 29.3. The number of aromatic hydroxyl groups is 1. The van der Waals surface area contributed by atoms with E-state index in [-0.39, 0.29) is 44.8 Å². The number of anilines is 2. The van der Waals surface area contributed by atoms with Crippen molar-refractivity contribution < 1.29 is 14.6 Å². The summed E-state index contributed by atoms with van der Waals surface area (Å²) in [6.07, 6.45) is 0. The van der Waals surface area contributed by atoms with Crippen LogP contribution in [0.4, 0.5) is 11.6 Å². The van der Waals surface area contributed by atoms with E-state index in [2.05, 4.69) is 31.3 Å². The van der Waals surface area contributed by atoms with E-state index in [4.69, 9.17) is 27.9 Å². The molecule has 1 amide bonds. The monoisotopic (exact) mass is 422 g/mol. The van der Waals surface area contributed by atoms with E-state index in [0.717, 1.165) is 0 Å². The number of amides is 1. The molecule has 0 unspecified atom stereocenters. The molecule has 0 aliphatic carbocycles. The topological polar surface area (TPSA) is 125 Å². The van der Waals surface area contributed by atoms with Crippen molar-refractivity contribution in [1.29, 1.82) is 0 Å². The highest BCUT2D eigenvalue weighted by Gasteiger charge is 2.16. The van der Waals surface area contributed by atoms with Crippen LogP contribution in [0.25, 0.3) is 0 Å². The van der Waals surface area contributed by atoms with Crippen LogP contribution >= 0.6 is 23.2 Å². The predicted octanol–water partition coefficient (Wildman–Crippen LogP) is 3.89. The highest BCUT2D eigenvalue weighted by molar-refractivity contribution is 6.37. The van der Waals surface area contributed by atoms with Gasteiger partial charge in [0.2, 0.25) is 0 Å². The molecule has 4 N–H and O–H groups in total. The molecule has 146 valence electrons. The number of nitrogens with one attached hydrogen (secondary N) is 3. The summed E-state index contributed by atoms with van der Waals surface area (Å²) < 4.78 is 5.75. The van der Waals surface area contributed by atoms with E-state index in [1.165, 1.54) is 18.2 Å². The Morgan fingerprint density at radius 1 is 1.21 bits per heavy atom. The zero-order valence-corrected chi connectivity index (χ0v) is 16.3. The van der Waals surface area contributed by atoms with Gasteiger partial charge in [0, 0.05) is 11.7 Å². The van der Waals surface area contributed by atoms with E-state index >= 15 is 0 Å². The maximum Gasteiger partial charge on any atom is 0.267 e. The van der Waals surface area contributed by atoms with Crippen molar-refractivity contribution in [3.8, 4) is 17.2 Å². The maximum atomic E-state index is 12.2. The molecule has 0 atom stereocenters. The Balaban J connectivity index is 1.84. The fraction of sp³-hybridized carbons (Fsp3) is 0.176. The van der Waals surface area contributed by atoms with Crippen LogP contribution in [0.5, 0.6) is 17.2 Å². The van der Waals surface area contributed by atoms with Gasteiger partial charge in [0.1, 0.15) is 11.5 Å². The van der Waals surface area contributed by atoms with Crippen molar-refractivity contribution in [2.45, 2.75) is 19.9 Å². The smallest absolute Gasteiger partial charge is 0.267 e. The predicted molar refractivity (Wildman–Crippen MR) is 105 cm³/mol. The zero-order valence-electron chi connectivity index (χ0n) is 14.8. The van der Waals surface area contributed by atoms with Crippen LogP contribution in [0, 0.1) is 0 Å². The van der Waals surface area contributed by atoms with Gasteiger partial charge in [-0.1, -0.05) is 28.3 Å². The number of carbonyl (C=O) groups excluding carboxylic acids is 1. The number of rotatable bonds is 6. The normalized spacial score (nSPS) is 10.8. The van der Waals surface area contributed by atoms with Gasteiger partial charge in [0.05, 0.1) is 15.6 Å². The van der Waals surface area contributed by atoms with Gasteiger partial charge in [0.15, 0.2) is 5.75 Å². The number of benzene rings is 2. The molecular formula is C17H16Cl2N6O3. The second-order valence-corrected chi connectivity index (χ2v) is 6.85. The molecule has 1 heterocycles. The number of phenolic OH excluding ortho intramolecular Hbond substituents is 1. The molecule has 0 saturated carbocycles. The van der Waals surface area contributed by atoms with Gasteiger partial charge in [-0.2, -0.15) is 5.21 Å². The Kier molecular flexibility index (Phi) is 5.86. The summed E-state index contributed by atoms with van der Waals surface area (Å²) in [5.41, 5.74) is 0.611. The number of hydrogen-bond donors (Lipinski definition) is 4. The minimum atomic E-state index is -0.421. The molecule has 0 aliphatic heterocycles. The molecular weight excluding hydrogens is 407 g/mol. The molecule has 3 aromatic rings. The lowest BCUT2D eigenvalue weighted by Gasteiger charge is -2.14. The Bertz CT molecular complexity index is 972. The van der Waals surface area contributed by atoms with Crippen LogP contribution in [0.15, 0.2) is 30.3 Å². The lowest BCUT2D eigenvalue weighted by atomic mass is 10.1. The summed E-state index contributed by atoms with van der Waals surface area (Å²) in [6, 6.07) is 7.33. The van der Waals surface area contributed by atoms with Gasteiger partial charge in [-0.3, -0.25) is 4.79 Å². The molecule has 0 saturated heterocycles. The molecule has 0 fully saturated rings. The van der Waals surface area contributed by atoms with Crippen molar-refractivity contribution in [2.75, 3.05) is 5.32 Å². The Morgan fingerprint density at radius 2 is 1.93 bits per heavy atom. The number of tetrazole rings is 1. The third kappa shape index (κ3) is 4.62. The summed E-state index contributed by atoms with van der Waals surface area (Å²) >= 11 is 12.6. The van der Waals surface area contributed by atoms with Crippen LogP contribution in [0.2, 0.25) is 10.0 Å². The van der Waals surface area contributed by atoms with Gasteiger partial charge < -0.3 is 20.5 Å². The highest BCUT2D eigenvalue weighted by Crippen LogP contribution is 2.40. The third-order valence-electron chi connectivity index (χ3n) is 3.45. The first-order valence-electron chi connectivity index (χ1n) is 8.14. The van der Waals surface area contributed by atoms with Crippen molar-refractivity contribution >= 4 is 40.7 Å². The molecule has 0 spiro atoms. The number of nitrogens with zero attached hydrogens (tertiary/aromatic N) is 3. The van der Waals surface area contributed by atoms with Gasteiger partial charge in [-0.15, -0.1) is 5.10 Å². The van der Waals surface area contributed by atoms with Crippen molar-refractivity contribution in [3.05, 3.63) is 45.9 Å². The molecule has 9 nitrogen and oxygen atoms in total. The van der Waals surface area contributed by atoms with Crippen molar-refractivity contribution in [3.63, 3.8) is 0 Å². The van der Waals surface area contributed by atoms with Crippen LogP contribution in [0.3, 0.4) is 0 Å². The minimum absolute atomic E-state index is 0.0776. The summed E-state index contributed by atoms with van der Waals surface area (Å²) in [5.74, 6) is 0.148. The number of aromatic nitrogens is 4. The molecule has 0 aliphatic rings. The quantitative estimate of drug-likeness (QED) is 0.474. The summed E-state index contributed by atoms with van der Waals surface area (Å²) in [4.78, 5) is 12.2. The van der Waals surface area contributed by atoms with Gasteiger partial charge in [-0.05, 0) is 49.4 Å². The average molecular weight is 423 g/mol. The van der Waals surface area contributed by atoms with Crippen LogP contribution < -0.4 is 15.4 Å². The fourth-order valence-corrected chi connectivity index (χ4v) is 2.86. The average Bonchev–Trinajstić information content (AvgIpc) is 3.11. The van der Waals surface area contributed by atoms with Crippen molar-refractivity contribution in [2.24, 2.45) is 0 Å². The summed E-state index contributed by atoms with van der Waals surface area (Å²) in [6.45, 7) is 3.64. The standard InChI is InChI=1S/C17H16Cl2N6O3/c1-8(2)20-16(27)11-7-10(3-4-14(11)26)28-15-12(18)5-9(6-13(15)19)21-17-22-24-25-23-17/h3-8,26H,1-2H3,(H,20,27)(H2,21,22,23,24,25). The third-order valence-corrected chi connectivity index (χ3v) is 4.01. The minimum Gasteiger partial charge on any atom is -0.507 e. The number of hydrogen-bond acceptors (Lipinski definition) is 7. The van der Waals surface area contributed by atoms with E-state index in [0.29, 0.717) is 5.69 Å². The second kappa shape index (κ2) is 8.32. The van der Waals surface area contributed by atoms with Crippen LogP contribution in [0.1, 0.15) is 24.2 Å². The van der Waals surface area contributed by atoms with Gasteiger partial charge in [-0.25, -0.2) is 0 Å². The Morgan fingerprint density at radius 3 is 2.54 bits per heavy atom. The van der Waals surface area contributed by atoms with E-state index in [9.17, 15) is 9.90 Å². The molecule has 2 aromatic carbocycles. The maximum absolute atomic E-state index is 12.2. The fourth-order valence-electron chi connectivity index (χ4n) is 2.29. The zero-order chi connectivity index (χ0) is 20.3. The first-order chi connectivity index (χ1) is 13.3. The number of aromatic amines is 1. The number of ether oxygens (including phenoxy) is 1. The number of halogens is 2. The molecule has 0 radical (unpaired) electrons. The lowest BCUT2D eigenvalue weighted by Crippen LogP contribution is -2.30. The molecule has 3 rings (SSSR count). The second-order valence-electron chi connectivity index (χ2n) is 6.04. The largest absolute Gasteiger partial charge is 0.507 e.